The number of nitrogens with zero attached hydrogens (tertiary/aromatic N) is 2. The van der Waals surface area contributed by atoms with Crippen LogP contribution in [-0.4, -0.2) is 16.7 Å². The minimum atomic E-state index is 0.278. The lowest BCUT2D eigenvalue weighted by molar-refractivity contribution is 0.370. The predicted molar refractivity (Wildman–Crippen MR) is 83.1 cm³/mol. The molecule has 0 spiro atoms. The predicted octanol–water partition coefficient (Wildman–Crippen LogP) is 3.42. The van der Waals surface area contributed by atoms with E-state index < -0.39 is 0 Å². The number of rotatable bonds is 5. The Hall–Kier alpha value is -2.20. The maximum absolute atomic E-state index is 5.12. The molecule has 0 saturated heterocycles. The van der Waals surface area contributed by atoms with E-state index in [0.717, 1.165) is 13.0 Å². The van der Waals surface area contributed by atoms with Crippen LogP contribution in [0.4, 0.5) is 0 Å². The maximum atomic E-state index is 5.12. The Balaban J connectivity index is 1.68. The van der Waals surface area contributed by atoms with Crippen molar-refractivity contribution in [1.82, 2.24) is 15.5 Å². The summed E-state index contributed by atoms with van der Waals surface area (Å²) in [6.07, 6.45) is 0.746. The van der Waals surface area contributed by atoms with Crippen molar-refractivity contribution in [1.29, 1.82) is 0 Å². The topological polar surface area (TPSA) is 51.0 Å². The van der Waals surface area contributed by atoms with Crippen LogP contribution < -0.4 is 5.32 Å². The van der Waals surface area contributed by atoms with E-state index in [1.165, 1.54) is 16.3 Å². The van der Waals surface area contributed by atoms with E-state index in [4.69, 9.17) is 4.52 Å². The van der Waals surface area contributed by atoms with Crippen LogP contribution in [0.2, 0.25) is 0 Å². The third-order valence-electron chi connectivity index (χ3n) is 3.65. The highest BCUT2D eigenvalue weighted by Crippen LogP contribution is 2.23. The van der Waals surface area contributed by atoms with E-state index in [2.05, 4.69) is 64.8 Å². The Labute approximate surface area is 124 Å². The summed E-state index contributed by atoms with van der Waals surface area (Å²) in [6, 6.07) is 15.2. The molecule has 0 fully saturated rings. The highest BCUT2D eigenvalue weighted by Gasteiger charge is 2.09. The van der Waals surface area contributed by atoms with Crippen LogP contribution in [0.3, 0.4) is 0 Å². The SMILES string of the molecule is Cc1noc(CCNC(C)c2cccc3ccccc23)n1. The molecule has 1 aromatic heterocycles. The normalized spacial score (nSPS) is 12.7. The van der Waals surface area contributed by atoms with Crippen LogP contribution in [0, 0.1) is 6.92 Å². The van der Waals surface area contributed by atoms with Gasteiger partial charge in [0.1, 0.15) is 0 Å². The van der Waals surface area contributed by atoms with Gasteiger partial charge in [-0.3, -0.25) is 0 Å². The second-order valence-electron chi connectivity index (χ2n) is 5.23. The molecule has 0 aliphatic heterocycles. The first kappa shape index (κ1) is 13.8. The van der Waals surface area contributed by atoms with E-state index in [1.54, 1.807) is 0 Å². The first-order valence-electron chi connectivity index (χ1n) is 7.24. The van der Waals surface area contributed by atoms with Crippen molar-refractivity contribution in [3.8, 4) is 0 Å². The lowest BCUT2D eigenvalue weighted by atomic mass is 10.00. The highest BCUT2D eigenvalue weighted by atomic mass is 16.5. The van der Waals surface area contributed by atoms with Crippen molar-refractivity contribution < 1.29 is 4.52 Å². The van der Waals surface area contributed by atoms with Gasteiger partial charge in [-0.2, -0.15) is 4.98 Å². The molecule has 0 saturated carbocycles. The summed E-state index contributed by atoms with van der Waals surface area (Å²) < 4.78 is 5.12. The van der Waals surface area contributed by atoms with Gasteiger partial charge < -0.3 is 9.84 Å². The molecule has 108 valence electrons. The fraction of sp³-hybridized carbons (Fsp3) is 0.294. The Morgan fingerprint density at radius 1 is 1.14 bits per heavy atom. The van der Waals surface area contributed by atoms with E-state index >= 15 is 0 Å². The molecule has 0 aliphatic rings. The fourth-order valence-electron chi connectivity index (χ4n) is 2.58. The Bertz CT molecular complexity index is 730. The van der Waals surface area contributed by atoms with Gasteiger partial charge in [-0.25, -0.2) is 0 Å². The molecule has 1 atom stereocenters. The Kier molecular flexibility index (Phi) is 3.97. The molecule has 0 bridgehead atoms. The third kappa shape index (κ3) is 3.11. The molecule has 3 aromatic rings. The summed E-state index contributed by atoms with van der Waals surface area (Å²) in [5.41, 5.74) is 1.31. The standard InChI is InChI=1S/C17H19N3O/c1-12(18-11-10-17-19-13(2)20-21-17)15-9-5-7-14-6-3-4-8-16(14)15/h3-9,12,18H,10-11H2,1-2H3. The van der Waals surface area contributed by atoms with Gasteiger partial charge >= 0.3 is 0 Å². The summed E-state index contributed by atoms with van der Waals surface area (Å²) >= 11 is 0. The molecule has 1 N–H and O–H groups in total. The summed E-state index contributed by atoms with van der Waals surface area (Å²) in [5.74, 6) is 1.37. The van der Waals surface area contributed by atoms with Gasteiger partial charge in [0.25, 0.3) is 0 Å². The van der Waals surface area contributed by atoms with Crippen LogP contribution in [0.15, 0.2) is 47.0 Å². The van der Waals surface area contributed by atoms with Crippen LogP contribution >= 0.6 is 0 Å². The molecule has 1 unspecified atom stereocenters. The first-order valence-corrected chi connectivity index (χ1v) is 7.24. The molecule has 3 rings (SSSR count). The third-order valence-corrected chi connectivity index (χ3v) is 3.65. The summed E-state index contributed by atoms with van der Waals surface area (Å²) in [7, 11) is 0. The van der Waals surface area contributed by atoms with Crippen LogP contribution in [0.25, 0.3) is 10.8 Å². The zero-order valence-corrected chi connectivity index (χ0v) is 12.3. The monoisotopic (exact) mass is 281 g/mol. The second kappa shape index (κ2) is 6.06. The minimum absolute atomic E-state index is 0.278. The lowest BCUT2D eigenvalue weighted by Crippen LogP contribution is -2.21. The lowest BCUT2D eigenvalue weighted by Gasteiger charge is -2.16. The highest BCUT2D eigenvalue weighted by molar-refractivity contribution is 5.86. The fourth-order valence-corrected chi connectivity index (χ4v) is 2.58. The van der Waals surface area contributed by atoms with Crippen molar-refractivity contribution in [2.75, 3.05) is 6.54 Å². The molecule has 4 heteroatoms. The maximum Gasteiger partial charge on any atom is 0.227 e. The summed E-state index contributed by atoms with van der Waals surface area (Å²) in [5, 5.41) is 9.89. The molecular weight excluding hydrogens is 262 g/mol. The molecule has 1 heterocycles. The average molecular weight is 281 g/mol. The van der Waals surface area contributed by atoms with Crippen molar-refractivity contribution in [2.24, 2.45) is 0 Å². The smallest absolute Gasteiger partial charge is 0.227 e. The van der Waals surface area contributed by atoms with Gasteiger partial charge in [-0.05, 0) is 30.2 Å². The largest absolute Gasteiger partial charge is 0.339 e. The van der Waals surface area contributed by atoms with Gasteiger partial charge in [0.2, 0.25) is 5.89 Å². The van der Waals surface area contributed by atoms with E-state index in [0.29, 0.717) is 11.7 Å². The number of aryl methyl sites for hydroxylation is 1. The van der Waals surface area contributed by atoms with Gasteiger partial charge in [-0.1, -0.05) is 47.6 Å². The number of aromatic nitrogens is 2. The molecular formula is C17H19N3O. The summed E-state index contributed by atoms with van der Waals surface area (Å²) in [4.78, 5) is 4.21. The van der Waals surface area contributed by atoms with Crippen molar-refractivity contribution in [3.63, 3.8) is 0 Å². The molecule has 21 heavy (non-hydrogen) atoms. The number of fused-ring (bicyclic) bond motifs is 1. The second-order valence-corrected chi connectivity index (χ2v) is 5.23. The zero-order valence-electron chi connectivity index (χ0n) is 12.3. The Morgan fingerprint density at radius 3 is 2.76 bits per heavy atom. The van der Waals surface area contributed by atoms with Gasteiger partial charge in [-0.15, -0.1) is 0 Å². The number of hydrogen-bond donors (Lipinski definition) is 1. The number of nitrogens with one attached hydrogen (secondary N) is 1. The quantitative estimate of drug-likeness (QED) is 0.778. The van der Waals surface area contributed by atoms with Gasteiger partial charge in [0, 0.05) is 19.0 Å². The minimum Gasteiger partial charge on any atom is -0.339 e. The molecule has 4 nitrogen and oxygen atoms in total. The molecule has 2 aromatic carbocycles. The van der Waals surface area contributed by atoms with E-state index in [1.807, 2.05) is 6.92 Å². The van der Waals surface area contributed by atoms with Crippen LogP contribution in [0.5, 0.6) is 0 Å². The van der Waals surface area contributed by atoms with Crippen molar-refractivity contribution in [2.45, 2.75) is 26.3 Å². The van der Waals surface area contributed by atoms with E-state index in [9.17, 15) is 0 Å². The first-order chi connectivity index (χ1) is 10.2. The van der Waals surface area contributed by atoms with Crippen molar-refractivity contribution in [3.05, 3.63) is 59.7 Å². The molecule has 0 amide bonds. The van der Waals surface area contributed by atoms with Gasteiger partial charge in [0.15, 0.2) is 5.82 Å². The number of benzene rings is 2. The van der Waals surface area contributed by atoms with Gasteiger partial charge in [0.05, 0.1) is 0 Å². The zero-order chi connectivity index (χ0) is 14.7. The molecule has 0 aliphatic carbocycles. The van der Waals surface area contributed by atoms with E-state index in [-0.39, 0.29) is 6.04 Å². The summed E-state index contributed by atoms with van der Waals surface area (Å²) in [6.45, 7) is 4.83. The molecule has 0 radical (unpaired) electrons. The Morgan fingerprint density at radius 2 is 1.95 bits per heavy atom. The van der Waals surface area contributed by atoms with Crippen molar-refractivity contribution >= 4 is 10.8 Å². The average Bonchev–Trinajstić information content (AvgIpc) is 2.92. The van der Waals surface area contributed by atoms with Crippen LogP contribution in [-0.2, 0) is 6.42 Å². The number of hydrogen-bond acceptors (Lipinski definition) is 4. The van der Waals surface area contributed by atoms with Crippen LogP contribution in [0.1, 0.15) is 30.2 Å².